The average Bonchev–Trinajstić information content (AvgIpc) is 2.94. The van der Waals surface area contributed by atoms with Crippen LogP contribution in [0, 0.1) is 13.8 Å². The normalized spacial score (nSPS) is 11.2. The molecular weight excluding hydrogens is 252 g/mol. The van der Waals surface area contributed by atoms with Crippen molar-refractivity contribution in [2.75, 3.05) is 5.73 Å². The quantitative estimate of drug-likeness (QED) is 0.736. The predicted octanol–water partition coefficient (Wildman–Crippen LogP) is 2.26. The van der Waals surface area contributed by atoms with E-state index in [2.05, 4.69) is 5.10 Å². The maximum Gasteiger partial charge on any atom is 0.278 e. The SMILES string of the molecule is Cc1nn(C(=O)c2ccc3ccn(C)c3c2)c(C)c1N. The molecule has 20 heavy (non-hydrogen) atoms. The number of carbonyl (C=O) groups excluding carboxylic acids is 1. The number of hydrogen-bond donors (Lipinski definition) is 1. The van der Waals surface area contributed by atoms with E-state index in [1.54, 1.807) is 13.8 Å². The van der Waals surface area contributed by atoms with E-state index in [9.17, 15) is 4.79 Å². The first kappa shape index (κ1) is 12.5. The highest BCUT2D eigenvalue weighted by molar-refractivity contribution is 5.99. The molecule has 2 aromatic heterocycles. The van der Waals surface area contributed by atoms with Gasteiger partial charge in [-0.2, -0.15) is 9.78 Å². The van der Waals surface area contributed by atoms with Crippen molar-refractivity contribution >= 4 is 22.5 Å². The van der Waals surface area contributed by atoms with Crippen molar-refractivity contribution in [2.24, 2.45) is 7.05 Å². The molecule has 1 aromatic carbocycles. The second-order valence-electron chi connectivity index (χ2n) is 5.00. The van der Waals surface area contributed by atoms with E-state index in [1.807, 2.05) is 42.1 Å². The number of rotatable bonds is 1. The van der Waals surface area contributed by atoms with Crippen LogP contribution in [0.25, 0.3) is 10.9 Å². The Balaban J connectivity index is 2.12. The number of benzene rings is 1. The Labute approximate surface area is 116 Å². The third-order valence-electron chi connectivity index (χ3n) is 3.67. The summed E-state index contributed by atoms with van der Waals surface area (Å²) in [7, 11) is 1.96. The number of nitrogen functional groups attached to an aromatic ring is 1. The molecule has 0 spiro atoms. The fraction of sp³-hybridized carbons (Fsp3) is 0.200. The number of aromatic nitrogens is 3. The molecule has 2 N–H and O–H groups in total. The Kier molecular flexibility index (Phi) is 2.64. The fourth-order valence-electron chi connectivity index (χ4n) is 2.37. The van der Waals surface area contributed by atoms with Gasteiger partial charge in [0.25, 0.3) is 5.91 Å². The average molecular weight is 268 g/mol. The molecule has 0 saturated heterocycles. The molecule has 0 fully saturated rings. The van der Waals surface area contributed by atoms with Crippen LogP contribution in [0.3, 0.4) is 0 Å². The number of anilines is 1. The van der Waals surface area contributed by atoms with Crippen LogP contribution in [0.4, 0.5) is 5.69 Å². The zero-order chi connectivity index (χ0) is 14.4. The number of nitrogens with zero attached hydrogens (tertiary/aromatic N) is 3. The standard InChI is InChI=1S/C15H16N4O/c1-9-14(16)10(2)19(17-9)15(20)12-5-4-11-6-7-18(3)13(11)8-12/h4-8H,16H2,1-3H3. The second-order valence-corrected chi connectivity index (χ2v) is 5.00. The van der Waals surface area contributed by atoms with Crippen LogP contribution < -0.4 is 5.73 Å². The summed E-state index contributed by atoms with van der Waals surface area (Å²) in [5.74, 6) is -0.162. The highest BCUT2D eigenvalue weighted by atomic mass is 16.2. The van der Waals surface area contributed by atoms with E-state index in [0.29, 0.717) is 22.6 Å². The summed E-state index contributed by atoms with van der Waals surface area (Å²) in [6, 6.07) is 7.66. The van der Waals surface area contributed by atoms with Crippen LogP contribution >= 0.6 is 0 Å². The van der Waals surface area contributed by atoms with Gasteiger partial charge in [0.2, 0.25) is 0 Å². The van der Waals surface area contributed by atoms with Crippen molar-refractivity contribution in [2.45, 2.75) is 13.8 Å². The lowest BCUT2D eigenvalue weighted by molar-refractivity contribution is 0.0942. The number of carbonyl (C=O) groups is 1. The van der Waals surface area contributed by atoms with Crippen LogP contribution in [0.1, 0.15) is 21.7 Å². The van der Waals surface area contributed by atoms with Gasteiger partial charge in [0.1, 0.15) is 0 Å². The summed E-state index contributed by atoms with van der Waals surface area (Å²) in [6.07, 6.45) is 1.97. The first-order valence-corrected chi connectivity index (χ1v) is 6.40. The maximum absolute atomic E-state index is 12.5. The Bertz CT molecular complexity index is 826. The van der Waals surface area contributed by atoms with E-state index in [1.165, 1.54) is 4.68 Å². The van der Waals surface area contributed by atoms with E-state index >= 15 is 0 Å². The molecule has 5 nitrogen and oxygen atoms in total. The maximum atomic E-state index is 12.5. The van der Waals surface area contributed by atoms with Gasteiger partial charge >= 0.3 is 0 Å². The first-order chi connectivity index (χ1) is 9.49. The van der Waals surface area contributed by atoms with Crippen molar-refractivity contribution in [1.29, 1.82) is 0 Å². The van der Waals surface area contributed by atoms with Crippen molar-refractivity contribution < 1.29 is 4.79 Å². The van der Waals surface area contributed by atoms with Gasteiger partial charge in [0.15, 0.2) is 0 Å². The topological polar surface area (TPSA) is 65.8 Å². The zero-order valence-corrected chi connectivity index (χ0v) is 11.7. The third kappa shape index (κ3) is 1.71. The minimum atomic E-state index is -0.162. The molecule has 2 heterocycles. The predicted molar refractivity (Wildman–Crippen MR) is 78.8 cm³/mol. The van der Waals surface area contributed by atoms with Gasteiger partial charge in [0.05, 0.1) is 17.1 Å². The van der Waals surface area contributed by atoms with E-state index < -0.39 is 0 Å². The molecule has 0 atom stereocenters. The monoisotopic (exact) mass is 268 g/mol. The molecule has 0 aliphatic rings. The van der Waals surface area contributed by atoms with E-state index in [-0.39, 0.29) is 5.91 Å². The Hall–Kier alpha value is -2.56. The minimum Gasteiger partial charge on any atom is -0.396 e. The van der Waals surface area contributed by atoms with Crippen molar-refractivity contribution in [3.8, 4) is 0 Å². The summed E-state index contributed by atoms with van der Waals surface area (Å²) in [4.78, 5) is 12.5. The number of fused-ring (bicyclic) bond motifs is 1. The molecule has 3 rings (SSSR count). The summed E-state index contributed by atoms with van der Waals surface area (Å²) in [5.41, 5.74) is 9.42. The lowest BCUT2D eigenvalue weighted by Gasteiger charge is -2.04. The van der Waals surface area contributed by atoms with Crippen molar-refractivity contribution in [1.82, 2.24) is 14.3 Å². The number of hydrogen-bond acceptors (Lipinski definition) is 3. The molecule has 0 aliphatic heterocycles. The molecule has 102 valence electrons. The molecule has 0 bridgehead atoms. The van der Waals surface area contributed by atoms with E-state index in [4.69, 9.17) is 5.73 Å². The van der Waals surface area contributed by atoms with Crippen LogP contribution in [-0.4, -0.2) is 20.3 Å². The second kappa shape index (κ2) is 4.23. The molecule has 0 saturated carbocycles. The first-order valence-electron chi connectivity index (χ1n) is 6.40. The van der Waals surface area contributed by atoms with Gasteiger partial charge in [-0.25, -0.2) is 0 Å². The number of aryl methyl sites for hydroxylation is 2. The Morgan fingerprint density at radius 3 is 2.65 bits per heavy atom. The Morgan fingerprint density at radius 1 is 1.25 bits per heavy atom. The fourth-order valence-corrected chi connectivity index (χ4v) is 2.37. The smallest absolute Gasteiger partial charge is 0.278 e. The van der Waals surface area contributed by atoms with E-state index in [0.717, 1.165) is 10.9 Å². The zero-order valence-electron chi connectivity index (χ0n) is 11.7. The van der Waals surface area contributed by atoms with Gasteiger partial charge in [0, 0.05) is 24.3 Å². The van der Waals surface area contributed by atoms with Crippen LogP contribution in [0.2, 0.25) is 0 Å². The molecule has 5 heteroatoms. The molecule has 3 aromatic rings. The van der Waals surface area contributed by atoms with Crippen LogP contribution in [0.5, 0.6) is 0 Å². The van der Waals surface area contributed by atoms with Crippen molar-refractivity contribution in [3.63, 3.8) is 0 Å². The lowest BCUT2D eigenvalue weighted by atomic mass is 10.1. The largest absolute Gasteiger partial charge is 0.396 e. The molecule has 0 radical (unpaired) electrons. The van der Waals surface area contributed by atoms with Gasteiger partial charge in [-0.1, -0.05) is 6.07 Å². The Morgan fingerprint density at radius 2 is 2.00 bits per heavy atom. The lowest BCUT2D eigenvalue weighted by Crippen LogP contribution is -2.15. The molecule has 0 amide bonds. The minimum absolute atomic E-state index is 0.162. The van der Waals surface area contributed by atoms with Crippen LogP contribution in [-0.2, 0) is 7.05 Å². The third-order valence-corrected chi connectivity index (χ3v) is 3.67. The molecule has 0 aliphatic carbocycles. The molecular formula is C15H16N4O. The summed E-state index contributed by atoms with van der Waals surface area (Å²) in [6.45, 7) is 3.60. The molecule has 0 unspecified atom stereocenters. The summed E-state index contributed by atoms with van der Waals surface area (Å²) < 4.78 is 3.36. The van der Waals surface area contributed by atoms with Gasteiger partial charge in [-0.3, -0.25) is 4.79 Å². The van der Waals surface area contributed by atoms with Crippen molar-refractivity contribution in [3.05, 3.63) is 47.4 Å². The van der Waals surface area contributed by atoms with Gasteiger partial charge in [-0.15, -0.1) is 0 Å². The van der Waals surface area contributed by atoms with Crippen LogP contribution in [0.15, 0.2) is 30.5 Å². The summed E-state index contributed by atoms with van der Waals surface area (Å²) >= 11 is 0. The van der Waals surface area contributed by atoms with Gasteiger partial charge in [-0.05, 0) is 37.4 Å². The van der Waals surface area contributed by atoms with Gasteiger partial charge < -0.3 is 10.3 Å². The number of nitrogens with two attached hydrogens (primary N) is 1. The highest BCUT2D eigenvalue weighted by Gasteiger charge is 2.16. The highest BCUT2D eigenvalue weighted by Crippen LogP contribution is 2.20. The summed E-state index contributed by atoms with van der Waals surface area (Å²) in [5, 5.41) is 5.32.